The van der Waals surface area contributed by atoms with Gasteiger partial charge >= 0.3 is 0 Å². The van der Waals surface area contributed by atoms with Gasteiger partial charge in [-0.15, -0.1) is 0 Å². The molecular formula is C31H38N4O7. The number of ketones is 2. The first-order valence-corrected chi connectivity index (χ1v) is 14.0. The summed E-state index contributed by atoms with van der Waals surface area (Å²) in [6, 6.07) is 6.00. The van der Waals surface area contributed by atoms with Gasteiger partial charge in [-0.05, 0) is 83.7 Å². The summed E-state index contributed by atoms with van der Waals surface area (Å²) < 4.78 is 6.13. The summed E-state index contributed by atoms with van der Waals surface area (Å²) >= 11 is 0. The van der Waals surface area contributed by atoms with Crippen molar-refractivity contribution >= 4 is 23.2 Å². The van der Waals surface area contributed by atoms with Crippen LogP contribution >= 0.6 is 0 Å². The second-order valence-electron chi connectivity index (χ2n) is 12.1. The average Bonchev–Trinajstić information content (AvgIpc) is 3.37. The number of nitrogens with zero attached hydrogens (tertiary/aromatic N) is 2. The number of furan rings is 1. The molecule has 6 N–H and O–H groups in total. The number of Topliss-reactive ketones (excluding diaryl/α,β-unsaturated/α-hetero) is 2. The van der Waals surface area contributed by atoms with Gasteiger partial charge in [0.1, 0.15) is 34.4 Å². The number of phenolic OH excluding ortho intramolecular Hbond substituents is 1. The number of carbonyl (C=O) groups is 3. The third kappa shape index (κ3) is 4.52. The number of allylic oxidation sites excluding steroid dienone is 2. The third-order valence-electron chi connectivity index (χ3n) is 9.03. The van der Waals surface area contributed by atoms with Crippen LogP contribution in [0.25, 0.3) is 17.1 Å². The van der Waals surface area contributed by atoms with E-state index in [-0.39, 0.29) is 35.5 Å². The molecule has 11 heteroatoms. The molecule has 1 saturated carbocycles. The van der Waals surface area contributed by atoms with Crippen LogP contribution in [-0.2, 0) is 27.3 Å². The zero-order valence-electron chi connectivity index (χ0n) is 24.5. The number of nitrogens with two attached hydrogens (primary N) is 1. The Bertz CT molecular complexity index is 1540. The third-order valence-corrected chi connectivity index (χ3v) is 9.03. The Kier molecular flexibility index (Phi) is 7.55. The van der Waals surface area contributed by atoms with E-state index in [1.54, 1.807) is 25.1 Å². The van der Waals surface area contributed by atoms with E-state index in [0.717, 1.165) is 18.8 Å². The van der Waals surface area contributed by atoms with Crippen LogP contribution in [-0.4, -0.2) is 89.9 Å². The van der Waals surface area contributed by atoms with Crippen LogP contribution in [0.3, 0.4) is 0 Å². The minimum Gasteiger partial charge on any atom is -0.510 e. The van der Waals surface area contributed by atoms with Crippen molar-refractivity contribution in [2.45, 2.75) is 32.4 Å². The molecule has 0 radical (unpaired) electrons. The first-order chi connectivity index (χ1) is 19.8. The lowest BCUT2D eigenvalue weighted by atomic mass is 9.52. The largest absolute Gasteiger partial charge is 0.510 e. The molecule has 1 amide bonds. The van der Waals surface area contributed by atoms with Crippen molar-refractivity contribution in [3.63, 3.8) is 0 Å². The molecule has 0 saturated heterocycles. The number of aliphatic hydroxyl groups is 2. The summed E-state index contributed by atoms with van der Waals surface area (Å²) in [5, 5.41) is 37.0. The average molecular weight is 579 g/mol. The maximum Gasteiger partial charge on any atom is 0.255 e. The molecule has 224 valence electrons. The Hall–Kier alpha value is -3.93. The topological polar surface area (TPSA) is 170 Å². The van der Waals surface area contributed by atoms with Gasteiger partial charge in [0, 0.05) is 30.1 Å². The van der Waals surface area contributed by atoms with Crippen molar-refractivity contribution in [1.82, 2.24) is 15.1 Å². The number of primary amides is 1. The van der Waals surface area contributed by atoms with Gasteiger partial charge in [-0.1, -0.05) is 0 Å². The molecule has 0 unspecified atom stereocenters. The lowest BCUT2D eigenvalue weighted by Crippen LogP contribution is -2.60. The number of benzene rings is 1. The van der Waals surface area contributed by atoms with Crippen molar-refractivity contribution in [3.05, 3.63) is 58.1 Å². The van der Waals surface area contributed by atoms with Crippen LogP contribution in [0.4, 0.5) is 0 Å². The number of aromatic hydroxyl groups is 1. The Morgan fingerprint density at radius 1 is 1.12 bits per heavy atom. The number of aliphatic hydroxyl groups excluding tert-OH is 2. The van der Waals surface area contributed by atoms with Gasteiger partial charge < -0.3 is 35.7 Å². The Labute approximate surface area is 244 Å². The minimum absolute atomic E-state index is 0.0566. The quantitative estimate of drug-likeness (QED) is 0.231. The summed E-state index contributed by atoms with van der Waals surface area (Å²) in [7, 11) is 7.35. The molecule has 3 aliphatic carbocycles. The van der Waals surface area contributed by atoms with E-state index in [9.17, 15) is 29.7 Å². The number of hydrogen-bond acceptors (Lipinski definition) is 10. The summed E-state index contributed by atoms with van der Waals surface area (Å²) in [6.45, 7) is 3.69. The number of fused-ring (bicyclic) bond motifs is 3. The van der Waals surface area contributed by atoms with E-state index >= 15 is 0 Å². The fourth-order valence-corrected chi connectivity index (χ4v) is 6.90. The molecule has 3 aliphatic rings. The lowest BCUT2D eigenvalue weighted by Gasteiger charge is -2.51. The number of phenols is 1. The van der Waals surface area contributed by atoms with Crippen LogP contribution in [0.15, 0.2) is 45.6 Å². The molecule has 42 heavy (non-hydrogen) atoms. The Balaban J connectivity index is 1.58. The normalized spacial score (nSPS) is 25.6. The summed E-state index contributed by atoms with van der Waals surface area (Å²) in [4.78, 5) is 43.5. The SMILES string of the molecule is CN(C)CCNCc1ccc(-c2ccc(O)c3c2C[C@H]2C[C@H]4[C@H](N(C)C)C(=O)C(C(N)=O)=C(O)[C@@]4(C)C(=O)C2=C3O)o1. The molecular weight excluding hydrogens is 540 g/mol. The van der Waals surface area contributed by atoms with Gasteiger partial charge in [-0.25, -0.2) is 0 Å². The number of rotatable bonds is 8. The van der Waals surface area contributed by atoms with Crippen molar-refractivity contribution in [1.29, 1.82) is 0 Å². The van der Waals surface area contributed by atoms with E-state index in [4.69, 9.17) is 10.2 Å². The van der Waals surface area contributed by atoms with Crippen LogP contribution in [0.2, 0.25) is 0 Å². The van der Waals surface area contributed by atoms with Crippen molar-refractivity contribution < 1.29 is 34.1 Å². The molecule has 1 fully saturated rings. The van der Waals surface area contributed by atoms with E-state index in [1.165, 1.54) is 13.0 Å². The second-order valence-corrected chi connectivity index (χ2v) is 12.1. The fourth-order valence-electron chi connectivity index (χ4n) is 6.90. The minimum atomic E-state index is -1.67. The second kappa shape index (κ2) is 10.7. The monoisotopic (exact) mass is 578 g/mol. The number of nitrogens with one attached hydrogen (secondary N) is 1. The van der Waals surface area contributed by atoms with Gasteiger partial charge in [-0.2, -0.15) is 0 Å². The molecule has 0 aliphatic heterocycles. The highest BCUT2D eigenvalue weighted by Gasteiger charge is 2.62. The fraction of sp³-hybridized carbons (Fsp3) is 0.452. The molecule has 1 aromatic carbocycles. The van der Waals surface area contributed by atoms with Crippen LogP contribution in [0.1, 0.15) is 30.2 Å². The zero-order valence-corrected chi connectivity index (χ0v) is 24.5. The van der Waals surface area contributed by atoms with Gasteiger partial charge in [0.25, 0.3) is 5.91 Å². The van der Waals surface area contributed by atoms with Crippen LogP contribution < -0.4 is 11.1 Å². The Morgan fingerprint density at radius 3 is 2.48 bits per heavy atom. The number of likely N-dealkylation sites (N-methyl/N-ethyl adjacent to an activating group) is 2. The Morgan fingerprint density at radius 2 is 1.83 bits per heavy atom. The highest BCUT2D eigenvalue weighted by Crippen LogP contribution is 2.57. The number of carbonyl (C=O) groups excluding carboxylic acids is 3. The molecule has 5 rings (SSSR count). The maximum absolute atomic E-state index is 14.2. The molecule has 4 atom stereocenters. The highest BCUT2D eigenvalue weighted by atomic mass is 16.3. The van der Waals surface area contributed by atoms with Gasteiger partial charge in [0.05, 0.1) is 23.6 Å². The predicted molar refractivity (Wildman–Crippen MR) is 155 cm³/mol. The van der Waals surface area contributed by atoms with Crippen molar-refractivity contribution in [2.75, 3.05) is 41.3 Å². The smallest absolute Gasteiger partial charge is 0.255 e. The lowest BCUT2D eigenvalue weighted by molar-refractivity contribution is -0.139. The first-order valence-electron chi connectivity index (χ1n) is 14.0. The summed E-state index contributed by atoms with van der Waals surface area (Å²) in [5.41, 5.74) is 4.71. The van der Waals surface area contributed by atoms with Gasteiger partial charge in [0.15, 0.2) is 11.6 Å². The van der Waals surface area contributed by atoms with Crippen LogP contribution in [0.5, 0.6) is 5.75 Å². The van der Waals surface area contributed by atoms with Crippen LogP contribution in [0, 0.1) is 17.3 Å². The zero-order chi connectivity index (χ0) is 30.7. The van der Waals surface area contributed by atoms with E-state index in [2.05, 4.69) is 10.2 Å². The van der Waals surface area contributed by atoms with E-state index in [0.29, 0.717) is 23.4 Å². The highest BCUT2D eigenvalue weighted by molar-refractivity contribution is 6.24. The maximum atomic E-state index is 14.2. The number of hydrogen-bond donors (Lipinski definition) is 5. The first kappa shape index (κ1) is 29.6. The molecule has 0 bridgehead atoms. The predicted octanol–water partition coefficient (Wildman–Crippen LogP) is 2.15. The van der Waals surface area contributed by atoms with Gasteiger partial charge in [-0.3, -0.25) is 19.3 Å². The standard InChI is InChI=1S/C31H38N4O7/c1-31-19(25(35(4)5)27(38)24(29(31)40)30(32)41)13-15-12-18-17(7-8-20(36)23(18)26(37)22(15)28(31)39)21-9-6-16(42-21)14-33-10-11-34(2)3/h6-9,15,19,25,33,36-37,40H,10-14H2,1-5H3,(H2,32,41)/t15-,19-,25-,31+/m0/s1. The molecule has 1 heterocycles. The molecule has 11 nitrogen and oxygen atoms in total. The molecule has 2 aromatic rings. The number of amides is 1. The van der Waals surface area contributed by atoms with Crippen molar-refractivity contribution in [2.24, 2.45) is 23.0 Å². The van der Waals surface area contributed by atoms with Gasteiger partial charge in [0.2, 0.25) is 0 Å². The molecule has 1 aromatic heterocycles. The van der Waals surface area contributed by atoms with E-state index < -0.39 is 52.1 Å². The van der Waals surface area contributed by atoms with Crippen molar-refractivity contribution in [3.8, 4) is 17.1 Å². The summed E-state index contributed by atoms with van der Waals surface area (Å²) in [5.74, 6) is -3.50. The molecule has 0 spiro atoms. The van der Waals surface area contributed by atoms with E-state index in [1.807, 2.05) is 26.2 Å². The summed E-state index contributed by atoms with van der Waals surface area (Å²) in [6.07, 6.45) is 0.551.